The fraction of sp³-hybridized carbons (Fsp3) is 0.500. The molecule has 3 N–H and O–H groups in total. The largest absolute Gasteiger partial charge is 1.00 e. The molecule has 6 nitrogen and oxygen atoms in total. The normalized spacial score (nSPS) is 17.1. The summed E-state index contributed by atoms with van der Waals surface area (Å²) in [5.41, 5.74) is 6.62. The Bertz CT molecular complexity index is 490. The van der Waals surface area contributed by atoms with Crippen LogP contribution in [0, 0.1) is 6.33 Å². The molecule has 3 heterocycles. The van der Waals surface area contributed by atoms with Gasteiger partial charge < -0.3 is 25.7 Å². The maximum Gasteiger partial charge on any atom is 1.00 e. The molecule has 0 amide bonds. The average molecular weight is 256 g/mol. The molecule has 84 valence electrons. The van der Waals surface area contributed by atoms with Gasteiger partial charge in [-0.2, -0.15) is 5.10 Å². The molecule has 1 fully saturated rings. The second-order valence-corrected chi connectivity index (χ2v) is 4.10. The molecule has 0 bridgehead atoms. The summed E-state index contributed by atoms with van der Waals surface area (Å²) >= 11 is 0. The first-order valence-electron chi connectivity index (χ1n) is 5.42. The predicted molar refractivity (Wildman–Crippen MR) is 59.9 cm³/mol. The third-order valence-electron chi connectivity index (χ3n) is 3.02. The Kier molecular flexibility index (Phi) is 4.51. The van der Waals surface area contributed by atoms with Crippen LogP contribution in [0.15, 0.2) is 6.20 Å². The Labute approximate surface area is 142 Å². The molecular weight excluding hydrogens is 243 g/mol. The van der Waals surface area contributed by atoms with Crippen LogP contribution >= 0.6 is 0 Å². The van der Waals surface area contributed by atoms with E-state index in [2.05, 4.69) is 31.4 Å². The summed E-state index contributed by atoms with van der Waals surface area (Å²) in [6.07, 6.45) is 6.42. The van der Waals surface area contributed by atoms with Crippen molar-refractivity contribution in [3.8, 4) is 0 Å². The molecule has 1 aliphatic rings. The number of fused-ring (bicyclic) bond motifs is 1. The van der Waals surface area contributed by atoms with Crippen molar-refractivity contribution in [3.05, 3.63) is 12.5 Å². The first-order valence-corrected chi connectivity index (χ1v) is 5.42. The first-order chi connectivity index (χ1) is 7.84. The fourth-order valence-corrected chi connectivity index (χ4v) is 2.06. The summed E-state index contributed by atoms with van der Waals surface area (Å²) in [4.78, 5) is 10.4. The molecule has 0 aliphatic carbocycles. The molecule has 0 spiro atoms. The number of aromatic amines is 1. The zero-order chi connectivity index (χ0) is 11.0. The molecule has 1 saturated heterocycles. The van der Waals surface area contributed by atoms with Crippen LogP contribution in [-0.4, -0.2) is 39.3 Å². The minimum atomic E-state index is 0. The zero-order valence-electron chi connectivity index (χ0n) is 9.85. The molecule has 0 atom stereocenters. The molecular formula is C10H13KN6. The minimum Gasteiger partial charge on any atom is -0.408 e. The van der Waals surface area contributed by atoms with E-state index in [9.17, 15) is 0 Å². The number of nitrogens with two attached hydrogens (primary N) is 1. The van der Waals surface area contributed by atoms with Gasteiger partial charge in [-0.05, 0) is 18.2 Å². The Hall–Kier alpha value is -0.0536. The van der Waals surface area contributed by atoms with E-state index in [1.807, 2.05) is 0 Å². The van der Waals surface area contributed by atoms with Crippen LogP contribution in [0.25, 0.3) is 11.0 Å². The summed E-state index contributed by atoms with van der Waals surface area (Å²) in [5, 5.41) is 7.75. The van der Waals surface area contributed by atoms with Crippen LogP contribution in [0.5, 0.6) is 0 Å². The van der Waals surface area contributed by atoms with Crippen molar-refractivity contribution in [1.82, 2.24) is 20.2 Å². The number of hydrogen-bond donors (Lipinski definition) is 2. The number of aromatic nitrogens is 4. The van der Waals surface area contributed by atoms with Crippen molar-refractivity contribution >= 4 is 16.9 Å². The van der Waals surface area contributed by atoms with Crippen LogP contribution in [-0.2, 0) is 0 Å². The van der Waals surface area contributed by atoms with E-state index in [-0.39, 0.29) is 51.4 Å². The topological polar surface area (TPSA) is 83.7 Å². The van der Waals surface area contributed by atoms with Gasteiger partial charge >= 0.3 is 51.4 Å². The molecule has 0 unspecified atom stereocenters. The number of nitrogens with zero attached hydrogens (tertiary/aromatic N) is 4. The van der Waals surface area contributed by atoms with Crippen molar-refractivity contribution < 1.29 is 51.4 Å². The maximum absolute atomic E-state index is 5.88. The standard InChI is InChI=1S/C10H13N6.K/c11-7-1-3-16(4-2-7)10-8-5-14-15-9(8)12-6-13-10;/h5,7H,1-4,11H2,(H,12,13,14,15);/q-1;+1. The molecule has 1 aliphatic heterocycles. The van der Waals surface area contributed by atoms with E-state index in [0.717, 1.165) is 42.8 Å². The molecule has 0 aromatic carbocycles. The van der Waals surface area contributed by atoms with Gasteiger partial charge in [0.25, 0.3) is 0 Å². The van der Waals surface area contributed by atoms with Gasteiger partial charge in [-0.25, -0.2) is 0 Å². The third kappa shape index (κ3) is 2.69. The number of H-pyrrole nitrogens is 1. The van der Waals surface area contributed by atoms with E-state index >= 15 is 0 Å². The van der Waals surface area contributed by atoms with Gasteiger partial charge in [0, 0.05) is 43.1 Å². The van der Waals surface area contributed by atoms with E-state index in [1.54, 1.807) is 6.20 Å². The van der Waals surface area contributed by atoms with Crippen molar-refractivity contribution in [1.29, 1.82) is 0 Å². The number of piperidine rings is 1. The molecule has 0 saturated carbocycles. The second-order valence-electron chi connectivity index (χ2n) is 4.10. The van der Waals surface area contributed by atoms with Gasteiger partial charge in [-0.3, -0.25) is 0 Å². The molecule has 7 heteroatoms. The zero-order valence-corrected chi connectivity index (χ0v) is 13.0. The van der Waals surface area contributed by atoms with Gasteiger partial charge in [-0.15, -0.1) is 0 Å². The molecule has 17 heavy (non-hydrogen) atoms. The average Bonchev–Trinajstić information content (AvgIpc) is 2.78. The van der Waals surface area contributed by atoms with Crippen LogP contribution in [0.2, 0.25) is 0 Å². The SMILES string of the molecule is NC1CCN(c2n[c-]nc3[nH]ncc23)CC1.[K+]. The van der Waals surface area contributed by atoms with Crippen molar-refractivity contribution in [3.63, 3.8) is 0 Å². The summed E-state index contributed by atoms with van der Waals surface area (Å²) in [7, 11) is 0. The van der Waals surface area contributed by atoms with Gasteiger partial charge in [0.05, 0.1) is 0 Å². The van der Waals surface area contributed by atoms with Gasteiger partial charge in [0.15, 0.2) is 0 Å². The molecule has 3 rings (SSSR count). The number of anilines is 1. The van der Waals surface area contributed by atoms with Crippen molar-refractivity contribution in [2.75, 3.05) is 18.0 Å². The summed E-state index contributed by atoms with van der Waals surface area (Å²) in [6.45, 7) is 1.87. The number of nitrogens with one attached hydrogen (secondary N) is 1. The Balaban J connectivity index is 0.00000108. The van der Waals surface area contributed by atoms with E-state index in [4.69, 9.17) is 5.73 Å². The van der Waals surface area contributed by atoms with Crippen LogP contribution in [0.3, 0.4) is 0 Å². The fourth-order valence-electron chi connectivity index (χ4n) is 2.06. The Morgan fingerprint density at radius 1 is 1.35 bits per heavy atom. The van der Waals surface area contributed by atoms with Crippen LogP contribution in [0.1, 0.15) is 12.8 Å². The Morgan fingerprint density at radius 3 is 2.88 bits per heavy atom. The minimum absolute atomic E-state index is 0. The number of hydrogen-bond acceptors (Lipinski definition) is 5. The quantitative estimate of drug-likeness (QED) is 0.422. The van der Waals surface area contributed by atoms with Gasteiger partial charge in [0.2, 0.25) is 0 Å². The van der Waals surface area contributed by atoms with Crippen LogP contribution in [0.4, 0.5) is 5.82 Å². The van der Waals surface area contributed by atoms with E-state index < -0.39 is 0 Å². The van der Waals surface area contributed by atoms with Crippen molar-refractivity contribution in [2.24, 2.45) is 5.73 Å². The summed E-state index contributed by atoms with van der Waals surface area (Å²) in [6, 6.07) is 0.321. The third-order valence-corrected chi connectivity index (χ3v) is 3.02. The monoisotopic (exact) mass is 256 g/mol. The van der Waals surface area contributed by atoms with Gasteiger partial charge in [0.1, 0.15) is 0 Å². The number of rotatable bonds is 1. The molecule has 0 radical (unpaired) electrons. The molecule has 2 aromatic heterocycles. The summed E-state index contributed by atoms with van der Waals surface area (Å²) in [5.74, 6) is 0.908. The second kappa shape index (κ2) is 5.72. The summed E-state index contributed by atoms with van der Waals surface area (Å²) < 4.78 is 0. The predicted octanol–water partition coefficient (Wildman–Crippen LogP) is -2.92. The van der Waals surface area contributed by atoms with E-state index in [1.165, 1.54) is 0 Å². The smallest absolute Gasteiger partial charge is 0.408 e. The van der Waals surface area contributed by atoms with Crippen LogP contribution < -0.4 is 62.0 Å². The maximum atomic E-state index is 5.88. The first kappa shape index (κ1) is 13.4. The Morgan fingerprint density at radius 2 is 2.12 bits per heavy atom. The van der Waals surface area contributed by atoms with E-state index in [0.29, 0.717) is 6.04 Å². The molecule has 2 aromatic rings. The van der Waals surface area contributed by atoms with Gasteiger partial charge in [-0.1, -0.05) is 0 Å². The van der Waals surface area contributed by atoms with Crippen molar-refractivity contribution in [2.45, 2.75) is 18.9 Å².